The SMILES string of the molecule is CCCN(CCC)CCCCCC(=O)c1ccc(CN(Cc2ncc[nH]2)CC2CCCC2)cc1. The summed E-state index contributed by atoms with van der Waals surface area (Å²) in [5.74, 6) is 2.10. The molecule has 0 aliphatic heterocycles. The molecule has 0 atom stereocenters. The Bertz CT molecular complexity index is 790. The van der Waals surface area contributed by atoms with Crippen LogP contribution in [0.1, 0.15) is 99.8 Å². The van der Waals surface area contributed by atoms with E-state index in [0.717, 1.165) is 49.8 Å². The number of ketones is 1. The van der Waals surface area contributed by atoms with Gasteiger partial charge in [-0.1, -0.05) is 57.4 Å². The minimum Gasteiger partial charge on any atom is -0.348 e. The van der Waals surface area contributed by atoms with Crippen molar-refractivity contribution in [2.75, 3.05) is 26.2 Å². The average Bonchev–Trinajstić information content (AvgIpc) is 3.54. The molecule has 0 bridgehead atoms. The van der Waals surface area contributed by atoms with E-state index in [1.54, 1.807) is 0 Å². The predicted octanol–water partition coefficient (Wildman–Crippen LogP) is 6.47. The second-order valence-electron chi connectivity index (χ2n) is 10.1. The van der Waals surface area contributed by atoms with Crippen molar-refractivity contribution in [2.45, 2.75) is 91.1 Å². The minimum atomic E-state index is 0.281. The molecule has 1 aliphatic rings. The van der Waals surface area contributed by atoms with Gasteiger partial charge in [0.15, 0.2) is 5.78 Å². The topological polar surface area (TPSA) is 52.2 Å². The highest BCUT2D eigenvalue weighted by Crippen LogP contribution is 2.26. The number of carbonyl (C=O) groups excluding carboxylic acids is 1. The van der Waals surface area contributed by atoms with E-state index in [2.05, 4.69) is 45.7 Å². The van der Waals surface area contributed by atoms with Crippen LogP contribution in [0.3, 0.4) is 0 Å². The monoisotopic (exact) mass is 466 g/mol. The van der Waals surface area contributed by atoms with Gasteiger partial charge < -0.3 is 9.88 Å². The van der Waals surface area contributed by atoms with Gasteiger partial charge in [0, 0.05) is 37.5 Å². The van der Waals surface area contributed by atoms with Gasteiger partial charge >= 0.3 is 0 Å². The second kappa shape index (κ2) is 15.1. The molecule has 1 aromatic carbocycles. The van der Waals surface area contributed by atoms with E-state index >= 15 is 0 Å². The molecule has 0 radical (unpaired) electrons. The Balaban J connectivity index is 1.43. The van der Waals surface area contributed by atoms with Gasteiger partial charge in [-0.15, -0.1) is 0 Å². The van der Waals surface area contributed by atoms with E-state index < -0.39 is 0 Å². The summed E-state index contributed by atoms with van der Waals surface area (Å²) in [5, 5.41) is 0. The quantitative estimate of drug-likeness (QED) is 0.214. The van der Waals surface area contributed by atoms with Crippen LogP contribution in [0.4, 0.5) is 0 Å². The number of hydrogen-bond acceptors (Lipinski definition) is 4. The van der Waals surface area contributed by atoms with Crippen LogP contribution in [0.2, 0.25) is 0 Å². The van der Waals surface area contributed by atoms with Crippen LogP contribution in [0.15, 0.2) is 36.7 Å². The first-order valence-electron chi connectivity index (χ1n) is 13.7. The number of benzene rings is 1. The maximum absolute atomic E-state index is 12.7. The van der Waals surface area contributed by atoms with Crippen molar-refractivity contribution in [1.29, 1.82) is 0 Å². The van der Waals surface area contributed by atoms with E-state index in [-0.39, 0.29) is 5.78 Å². The van der Waals surface area contributed by atoms with Crippen LogP contribution in [0, 0.1) is 5.92 Å². The first-order valence-corrected chi connectivity index (χ1v) is 13.7. The van der Waals surface area contributed by atoms with Gasteiger partial charge in [0.1, 0.15) is 5.82 Å². The Kier molecular flexibility index (Phi) is 11.8. The lowest BCUT2D eigenvalue weighted by molar-refractivity contribution is 0.0978. The molecule has 188 valence electrons. The van der Waals surface area contributed by atoms with E-state index in [4.69, 9.17) is 0 Å². The molecule has 0 saturated heterocycles. The fourth-order valence-corrected chi connectivity index (χ4v) is 5.30. The van der Waals surface area contributed by atoms with Crippen LogP contribution in [-0.4, -0.2) is 51.7 Å². The minimum absolute atomic E-state index is 0.281. The lowest BCUT2D eigenvalue weighted by atomic mass is 10.0. The number of rotatable bonds is 17. The first-order chi connectivity index (χ1) is 16.7. The summed E-state index contributed by atoms with van der Waals surface area (Å²) in [7, 11) is 0. The lowest BCUT2D eigenvalue weighted by Crippen LogP contribution is -2.28. The van der Waals surface area contributed by atoms with Gasteiger partial charge in [-0.2, -0.15) is 0 Å². The highest BCUT2D eigenvalue weighted by atomic mass is 16.1. The summed E-state index contributed by atoms with van der Waals surface area (Å²) in [4.78, 5) is 25.4. The molecule has 5 heteroatoms. The first kappa shape index (κ1) is 26.6. The van der Waals surface area contributed by atoms with Gasteiger partial charge in [0.25, 0.3) is 0 Å². The van der Waals surface area contributed by atoms with Gasteiger partial charge in [0.2, 0.25) is 0 Å². The third-order valence-corrected chi connectivity index (χ3v) is 7.06. The standard InChI is InChI=1S/C29H46N4O/c1-3-19-32(20-4-2)21-9-5-6-12-28(34)27-15-13-26(14-16-27)23-33(22-25-10-7-8-11-25)24-29-30-17-18-31-29/h13-18,25H,3-12,19-24H2,1-2H3,(H,30,31). The number of nitrogens with one attached hydrogen (secondary N) is 1. The zero-order valence-electron chi connectivity index (χ0n) is 21.6. The predicted molar refractivity (Wildman–Crippen MR) is 141 cm³/mol. The Morgan fingerprint density at radius 3 is 2.32 bits per heavy atom. The molecule has 1 N–H and O–H groups in total. The van der Waals surface area contributed by atoms with Gasteiger partial charge in [-0.25, -0.2) is 4.98 Å². The summed E-state index contributed by atoms with van der Waals surface area (Å²) in [6, 6.07) is 8.35. The Morgan fingerprint density at radius 1 is 0.941 bits per heavy atom. The van der Waals surface area contributed by atoms with Crippen molar-refractivity contribution >= 4 is 5.78 Å². The molecular weight excluding hydrogens is 420 g/mol. The van der Waals surface area contributed by atoms with Crippen molar-refractivity contribution in [3.8, 4) is 0 Å². The molecule has 0 amide bonds. The molecular formula is C29H46N4O. The maximum Gasteiger partial charge on any atom is 0.162 e. The Labute approximate surface area is 207 Å². The fourth-order valence-electron chi connectivity index (χ4n) is 5.30. The lowest BCUT2D eigenvalue weighted by Gasteiger charge is -2.25. The second-order valence-corrected chi connectivity index (χ2v) is 10.1. The third kappa shape index (κ3) is 9.34. The van der Waals surface area contributed by atoms with Gasteiger partial charge in [0.05, 0.1) is 6.54 Å². The molecule has 1 fully saturated rings. The van der Waals surface area contributed by atoms with Crippen molar-refractivity contribution in [3.63, 3.8) is 0 Å². The molecule has 1 aromatic heterocycles. The number of imidazole rings is 1. The highest BCUT2D eigenvalue weighted by molar-refractivity contribution is 5.96. The van der Waals surface area contributed by atoms with E-state index in [1.807, 2.05) is 24.5 Å². The number of Topliss-reactive ketones (excluding diaryl/α,β-unsaturated/α-hetero) is 1. The third-order valence-electron chi connectivity index (χ3n) is 7.06. The summed E-state index contributed by atoms with van der Waals surface area (Å²) in [6.07, 6.45) is 15.6. The van der Waals surface area contributed by atoms with Crippen LogP contribution in [0.5, 0.6) is 0 Å². The number of nitrogens with zero attached hydrogens (tertiary/aromatic N) is 3. The molecule has 5 nitrogen and oxygen atoms in total. The molecule has 2 aromatic rings. The largest absolute Gasteiger partial charge is 0.348 e. The molecule has 1 aliphatic carbocycles. The van der Waals surface area contributed by atoms with Crippen LogP contribution in [0.25, 0.3) is 0 Å². The van der Waals surface area contributed by atoms with E-state index in [9.17, 15) is 4.79 Å². The van der Waals surface area contributed by atoms with Crippen molar-refractivity contribution in [1.82, 2.24) is 19.8 Å². The van der Waals surface area contributed by atoms with Crippen molar-refractivity contribution < 1.29 is 4.79 Å². The fraction of sp³-hybridized carbons (Fsp3) is 0.655. The summed E-state index contributed by atoms with van der Waals surface area (Å²) in [5.41, 5.74) is 2.13. The van der Waals surface area contributed by atoms with Crippen molar-refractivity contribution in [3.05, 3.63) is 53.6 Å². The van der Waals surface area contributed by atoms with Crippen LogP contribution >= 0.6 is 0 Å². The molecule has 0 unspecified atom stereocenters. The Hall–Kier alpha value is -1.98. The number of unbranched alkanes of at least 4 members (excludes halogenated alkanes) is 2. The zero-order valence-corrected chi connectivity index (χ0v) is 21.6. The molecule has 3 rings (SSSR count). The molecule has 1 saturated carbocycles. The highest BCUT2D eigenvalue weighted by Gasteiger charge is 2.19. The zero-order chi connectivity index (χ0) is 24.0. The van der Waals surface area contributed by atoms with Crippen LogP contribution < -0.4 is 0 Å². The summed E-state index contributed by atoms with van der Waals surface area (Å²) < 4.78 is 0. The normalized spacial score (nSPS) is 14.5. The maximum atomic E-state index is 12.7. The number of hydrogen-bond donors (Lipinski definition) is 1. The van der Waals surface area contributed by atoms with Crippen molar-refractivity contribution in [2.24, 2.45) is 5.92 Å². The Morgan fingerprint density at radius 2 is 1.68 bits per heavy atom. The smallest absolute Gasteiger partial charge is 0.162 e. The van der Waals surface area contributed by atoms with Crippen LogP contribution in [-0.2, 0) is 13.1 Å². The summed E-state index contributed by atoms with van der Waals surface area (Å²) >= 11 is 0. The molecule has 1 heterocycles. The number of carbonyl (C=O) groups is 1. The van der Waals surface area contributed by atoms with Gasteiger partial charge in [-0.05, 0) is 69.6 Å². The number of aromatic amines is 1. The number of H-pyrrole nitrogens is 1. The number of aromatic nitrogens is 2. The summed E-state index contributed by atoms with van der Waals surface area (Å²) in [6.45, 7) is 10.9. The average molecular weight is 467 g/mol. The van der Waals surface area contributed by atoms with E-state index in [0.29, 0.717) is 6.42 Å². The van der Waals surface area contributed by atoms with E-state index in [1.165, 1.54) is 70.1 Å². The molecule has 0 spiro atoms. The molecule has 34 heavy (non-hydrogen) atoms. The van der Waals surface area contributed by atoms with Gasteiger partial charge in [-0.3, -0.25) is 9.69 Å².